The van der Waals surface area contributed by atoms with Crippen LogP contribution in [0.1, 0.15) is 34.1 Å². The van der Waals surface area contributed by atoms with Gasteiger partial charge < -0.3 is 14.4 Å². The third kappa shape index (κ3) is 6.37. The molecule has 120 valence electrons. The second-order valence-corrected chi connectivity index (χ2v) is 7.04. The van der Waals surface area contributed by atoms with E-state index in [0.717, 1.165) is 0 Å². The first kappa shape index (κ1) is 17.8. The van der Waals surface area contributed by atoms with Crippen LogP contribution in [0.3, 0.4) is 0 Å². The van der Waals surface area contributed by atoms with Gasteiger partial charge in [-0.1, -0.05) is 0 Å². The van der Waals surface area contributed by atoms with Crippen LogP contribution in [0.25, 0.3) is 0 Å². The summed E-state index contributed by atoms with van der Waals surface area (Å²) < 4.78 is 10.1. The van der Waals surface area contributed by atoms with Crippen LogP contribution in [0.5, 0.6) is 0 Å². The van der Waals surface area contributed by atoms with Gasteiger partial charge in [0.05, 0.1) is 11.9 Å². The SMILES string of the molecule is CCOC(=O)CC(=O)C1CN(C(=O)OC(C)(C)C)CCS1. The van der Waals surface area contributed by atoms with E-state index in [2.05, 4.69) is 0 Å². The molecule has 1 atom stereocenters. The molecule has 1 rings (SSSR count). The third-order valence-electron chi connectivity index (χ3n) is 2.70. The van der Waals surface area contributed by atoms with Crippen molar-refractivity contribution in [2.45, 2.75) is 45.0 Å². The summed E-state index contributed by atoms with van der Waals surface area (Å²) in [5, 5.41) is -0.393. The Bertz CT molecular complexity index is 405. The molecule has 0 aromatic carbocycles. The number of Topliss-reactive ketones (excluding diaryl/α,β-unsaturated/α-hetero) is 1. The van der Waals surface area contributed by atoms with Crippen LogP contribution in [0.2, 0.25) is 0 Å². The molecule has 1 amide bonds. The first-order valence-electron chi connectivity index (χ1n) is 7.00. The van der Waals surface area contributed by atoms with Gasteiger partial charge in [0.25, 0.3) is 0 Å². The lowest BCUT2D eigenvalue weighted by Crippen LogP contribution is -2.46. The summed E-state index contributed by atoms with van der Waals surface area (Å²) in [7, 11) is 0. The standard InChI is InChI=1S/C14H23NO5S/c1-5-19-12(17)8-10(16)11-9-15(6-7-21-11)13(18)20-14(2,3)4/h11H,5-9H2,1-4H3. The highest BCUT2D eigenvalue weighted by molar-refractivity contribution is 8.00. The monoisotopic (exact) mass is 317 g/mol. The molecule has 1 heterocycles. The average molecular weight is 317 g/mol. The highest BCUT2D eigenvalue weighted by Gasteiger charge is 2.32. The van der Waals surface area contributed by atoms with Gasteiger partial charge in [0, 0.05) is 18.8 Å². The van der Waals surface area contributed by atoms with Gasteiger partial charge in [0.2, 0.25) is 0 Å². The zero-order valence-corrected chi connectivity index (χ0v) is 13.8. The maximum Gasteiger partial charge on any atom is 0.410 e. The van der Waals surface area contributed by atoms with Gasteiger partial charge in [0.15, 0.2) is 5.78 Å². The lowest BCUT2D eigenvalue weighted by atomic mass is 10.2. The van der Waals surface area contributed by atoms with Crippen molar-refractivity contribution in [3.8, 4) is 0 Å². The minimum Gasteiger partial charge on any atom is -0.466 e. The fraction of sp³-hybridized carbons (Fsp3) is 0.786. The van der Waals surface area contributed by atoms with Crippen LogP contribution in [-0.4, -0.2) is 59.0 Å². The Labute approximate surface area is 129 Å². The van der Waals surface area contributed by atoms with Gasteiger partial charge in [-0.25, -0.2) is 4.79 Å². The molecule has 6 nitrogen and oxygen atoms in total. The van der Waals surface area contributed by atoms with Crippen LogP contribution in [-0.2, 0) is 19.1 Å². The van der Waals surface area contributed by atoms with Crippen LogP contribution in [0.15, 0.2) is 0 Å². The average Bonchev–Trinajstić information content (AvgIpc) is 2.37. The first-order valence-corrected chi connectivity index (χ1v) is 8.05. The van der Waals surface area contributed by atoms with E-state index >= 15 is 0 Å². The minimum atomic E-state index is -0.563. The molecule has 0 aromatic rings. The maximum absolute atomic E-state index is 12.0. The lowest BCUT2D eigenvalue weighted by molar-refractivity contribution is -0.145. The Morgan fingerprint density at radius 3 is 2.52 bits per heavy atom. The number of thioether (sulfide) groups is 1. The highest BCUT2D eigenvalue weighted by Crippen LogP contribution is 2.22. The number of hydrogen-bond acceptors (Lipinski definition) is 6. The molecule has 0 aromatic heterocycles. The Morgan fingerprint density at radius 1 is 1.29 bits per heavy atom. The fourth-order valence-corrected chi connectivity index (χ4v) is 2.97. The van der Waals surface area contributed by atoms with Crippen molar-refractivity contribution in [2.24, 2.45) is 0 Å². The first-order chi connectivity index (χ1) is 9.73. The summed E-state index contributed by atoms with van der Waals surface area (Å²) in [6.07, 6.45) is -0.662. The second kappa shape index (κ2) is 7.68. The van der Waals surface area contributed by atoms with Gasteiger partial charge in [0.1, 0.15) is 12.0 Å². The van der Waals surface area contributed by atoms with E-state index in [4.69, 9.17) is 9.47 Å². The quantitative estimate of drug-likeness (QED) is 0.582. The number of rotatable bonds is 4. The van der Waals surface area contributed by atoms with Crippen LogP contribution in [0.4, 0.5) is 4.79 Å². The Kier molecular flexibility index (Phi) is 6.51. The number of carbonyl (C=O) groups excluding carboxylic acids is 3. The molecule has 0 N–H and O–H groups in total. The number of esters is 1. The molecule has 1 aliphatic rings. The fourth-order valence-electron chi connectivity index (χ4n) is 1.80. The van der Waals surface area contributed by atoms with Gasteiger partial charge in [-0.05, 0) is 27.7 Å². The molecule has 0 saturated carbocycles. The van der Waals surface area contributed by atoms with Gasteiger partial charge >= 0.3 is 12.1 Å². The third-order valence-corrected chi connectivity index (χ3v) is 3.93. The van der Waals surface area contributed by atoms with Crippen LogP contribution < -0.4 is 0 Å². The number of nitrogens with zero attached hydrogens (tertiary/aromatic N) is 1. The lowest BCUT2D eigenvalue weighted by Gasteiger charge is -2.33. The summed E-state index contributed by atoms with van der Waals surface area (Å²) in [6.45, 7) is 8.17. The smallest absolute Gasteiger partial charge is 0.410 e. The van der Waals surface area contributed by atoms with Gasteiger partial charge in [-0.3, -0.25) is 9.59 Å². The Hall–Kier alpha value is -1.24. The minimum absolute atomic E-state index is 0.202. The van der Waals surface area contributed by atoms with Crippen molar-refractivity contribution in [3.63, 3.8) is 0 Å². The molecule has 0 aliphatic carbocycles. The van der Waals surface area contributed by atoms with Crippen molar-refractivity contribution >= 4 is 29.6 Å². The van der Waals surface area contributed by atoms with E-state index in [9.17, 15) is 14.4 Å². The Morgan fingerprint density at radius 2 is 1.95 bits per heavy atom. The zero-order valence-electron chi connectivity index (χ0n) is 13.0. The van der Waals surface area contributed by atoms with Gasteiger partial charge in [-0.15, -0.1) is 11.8 Å². The van der Waals surface area contributed by atoms with E-state index in [1.54, 1.807) is 27.7 Å². The zero-order chi connectivity index (χ0) is 16.0. The van der Waals surface area contributed by atoms with Crippen molar-refractivity contribution in [1.29, 1.82) is 0 Å². The van der Waals surface area contributed by atoms with Gasteiger partial charge in [-0.2, -0.15) is 0 Å². The molecular formula is C14H23NO5S. The topological polar surface area (TPSA) is 72.9 Å². The van der Waals surface area contributed by atoms with Crippen molar-refractivity contribution in [3.05, 3.63) is 0 Å². The van der Waals surface area contributed by atoms with Crippen LogP contribution >= 0.6 is 11.8 Å². The molecular weight excluding hydrogens is 294 g/mol. The van der Waals surface area contributed by atoms with E-state index in [0.29, 0.717) is 12.3 Å². The molecule has 0 spiro atoms. The summed E-state index contributed by atoms with van der Waals surface area (Å²) in [5.41, 5.74) is -0.563. The van der Waals surface area contributed by atoms with Crippen molar-refractivity contribution in [1.82, 2.24) is 4.90 Å². The predicted octanol–water partition coefficient (Wildman–Crippen LogP) is 1.86. The second-order valence-electron chi connectivity index (χ2n) is 5.73. The van der Waals surface area contributed by atoms with Crippen molar-refractivity contribution < 1.29 is 23.9 Å². The molecule has 1 saturated heterocycles. The highest BCUT2D eigenvalue weighted by atomic mass is 32.2. The number of amides is 1. The summed E-state index contributed by atoms with van der Waals surface area (Å²) in [6, 6.07) is 0. The van der Waals surface area contributed by atoms with E-state index in [1.807, 2.05) is 0 Å². The maximum atomic E-state index is 12.0. The molecule has 1 unspecified atom stereocenters. The summed E-state index contributed by atoms with van der Waals surface area (Å²) >= 11 is 1.46. The molecule has 0 bridgehead atoms. The van der Waals surface area contributed by atoms with E-state index < -0.39 is 22.9 Å². The molecule has 7 heteroatoms. The normalized spacial score (nSPS) is 19.0. The largest absolute Gasteiger partial charge is 0.466 e. The number of ketones is 1. The van der Waals surface area contributed by atoms with Crippen LogP contribution in [0, 0.1) is 0 Å². The Balaban J connectivity index is 2.53. The summed E-state index contributed by atoms with van der Waals surface area (Å²) in [4.78, 5) is 36.9. The molecule has 0 radical (unpaired) electrons. The molecule has 1 aliphatic heterocycles. The van der Waals surface area contributed by atoms with E-state index in [1.165, 1.54) is 16.7 Å². The number of carbonyl (C=O) groups is 3. The number of ether oxygens (including phenoxy) is 2. The molecule has 1 fully saturated rings. The summed E-state index contributed by atoms with van der Waals surface area (Å²) in [5.74, 6) is -0.0671. The van der Waals surface area contributed by atoms with E-state index in [-0.39, 0.29) is 25.4 Å². The predicted molar refractivity (Wildman–Crippen MR) is 80.3 cm³/mol. The molecule has 21 heavy (non-hydrogen) atoms. The van der Waals surface area contributed by atoms with Crippen molar-refractivity contribution in [2.75, 3.05) is 25.4 Å². The number of hydrogen-bond donors (Lipinski definition) is 0.